The molecule has 33 heavy (non-hydrogen) atoms. The van der Waals surface area contributed by atoms with Crippen molar-refractivity contribution in [1.82, 2.24) is 0 Å². The van der Waals surface area contributed by atoms with Gasteiger partial charge in [0.1, 0.15) is 5.75 Å². The average molecular weight is 448 g/mol. The maximum absolute atomic E-state index is 12.7. The lowest BCUT2D eigenvalue weighted by atomic mass is 9.71. The van der Waals surface area contributed by atoms with Gasteiger partial charge < -0.3 is 25.2 Å². The number of hydrogen-bond acceptors (Lipinski definition) is 7. The number of benzene rings is 3. The number of ketones is 1. The normalized spacial score (nSPS) is 21.2. The summed E-state index contributed by atoms with van der Waals surface area (Å²) in [6, 6.07) is 18.8. The predicted molar refractivity (Wildman–Crippen MR) is 119 cm³/mol. The Morgan fingerprint density at radius 3 is 2.09 bits per heavy atom. The van der Waals surface area contributed by atoms with E-state index in [1.54, 1.807) is 12.1 Å². The number of rotatable bonds is 4. The first-order valence-electron chi connectivity index (χ1n) is 10.7. The van der Waals surface area contributed by atoms with E-state index >= 15 is 0 Å². The number of aliphatic hydroxyl groups excluding tert-OH is 4. The van der Waals surface area contributed by atoms with Gasteiger partial charge in [-0.1, -0.05) is 42.5 Å². The fourth-order valence-electron chi connectivity index (χ4n) is 4.55. The third-order valence-corrected chi connectivity index (χ3v) is 6.48. The van der Waals surface area contributed by atoms with E-state index in [-0.39, 0.29) is 25.4 Å². The Morgan fingerprint density at radius 2 is 1.42 bits per heavy atom. The second-order valence-electron chi connectivity index (χ2n) is 8.71. The number of carbonyl (C=O) groups excluding carboxylic acids is 1. The van der Waals surface area contributed by atoms with Gasteiger partial charge in [0.05, 0.1) is 18.8 Å². The van der Waals surface area contributed by atoms with Gasteiger partial charge in [-0.2, -0.15) is 0 Å². The molecule has 0 radical (unpaired) electrons. The first-order valence-corrected chi connectivity index (χ1v) is 10.7. The summed E-state index contributed by atoms with van der Waals surface area (Å²) in [5.74, 6) is 0.298. The minimum Gasteiger partial charge on any atom is -0.441 e. The van der Waals surface area contributed by atoms with Crippen LogP contribution in [0.1, 0.15) is 34.2 Å². The van der Waals surface area contributed by atoms with Gasteiger partial charge in [-0.05, 0) is 52.4 Å². The number of ether oxygens (including phenoxy) is 2. The van der Waals surface area contributed by atoms with Crippen LogP contribution in [-0.4, -0.2) is 45.9 Å². The molecule has 0 saturated heterocycles. The zero-order valence-electron chi connectivity index (χ0n) is 17.8. The van der Waals surface area contributed by atoms with E-state index in [0.717, 1.165) is 27.8 Å². The fourth-order valence-corrected chi connectivity index (χ4v) is 4.55. The van der Waals surface area contributed by atoms with Crippen LogP contribution >= 0.6 is 0 Å². The van der Waals surface area contributed by atoms with Crippen LogP contribution in [0.2, 0.25) is 0 Å². The molecule has 3 aromatic carbocycles. The Balaban J connectivity index is 1.42. The van der Waals surface area contributed by atoms with Crippen LogP contribution in [0.4, 0.5) is 0 Å². The minimum absolute atomic E-state index is 0.0695. The van der Waals surface area contributed by atoms with Crippen LogP contribution in [0.15, 0.2) is 60.7 Å². The van der Waals surface area contributed by atoms with Gasteiger partial charge in [0.2, 0.25) is 0 Å². The predicted octanol–water partition coefficient (Wildman–Crippen LogP) is 2.80. The van der Waals surface area contributed by atoms with E-state index in [1.807, 2.05) is 48.5 Å². The number of Topliss-reactive ketones (excluding diaryl/α,β-unsaturated/α-hetero) is 1. The maximum atomic E-state index is 12.7. The topological polar surface area (TPSA) is 116 Å². The molecule has 0 amide bonds. The SMILES string of the molecule is O=C1CC(CO)(CO)Cc2ccc(-c3ccc(-c4ccc5c(c4)C(O)OC(O)O5)cc3)cc21. The van der Waals surface area contributed by atoms with Gasteiger partial charge in [0.25, 0.3) is 0 Å². The molecule has 2 aliphatic rings. The molecule has 7 heteroatoms. The summed E-state index contributed by atoms with van der Waals surface area (Å²) in [6.07, 6.45) is -0.676. The smallest absolute Gasteiger partial charge is 0.315 e. The van der Waals surface area contributed by atoms with Gasteiger partial charge in [-0.3, -0.25) is 9.53 Å². The molecule has 0 fully saturated rings. The van der Waals surface area contributed by atoms with Crippen LogP contribution < -0.4 is 4.74 Å². The molecule has 1 aliphatic carbocycles. The molecule has 0 aromatic heterocycles. The number of aliphatic hydroxyl groups is 4. The van der Waals surface area contributed by atoms with Crippen molar-refractivity contribution in [2.24, 2.45) is 5.41 Å². The van der Waals surface area contributed by atoms with Crippen molar-refractivity contribution in [3.63, 3.8) is 0 Å². The average Bonchev–Trinajstić information content (AvgIpc) is 2.83. The molecular formula is C26H24O7. The number of carbonyl (C=O) groups is 1. The van der Waals surface area contributed by atoms with Crippen LogP contribution in [0, 0.1) is 5.41 Å². The zero-order valence-corrected chi connectivity index (χ0v) is 17.8. The van der Waals surface area contributed by atoms with Crippen molar-refractivity contribution in [3.05, 3.63) is 77.4 Å². The lowest BCUT2D eigenvalue weighted by Crippen LogP contribution is -2.38. The summed E-state index contributed by atoms with van der Waals surface area (Å²) in [4.78, 5) is 12.7. The van der Waals surface area contributed by atoms with E-state index in [9.17, 15) is 25.2 Å². The Bertz CT molecular complexity index is 1200. The molecule has 1 heterocycles. The summed E-state index contributed by atoms with van der Waals surface area (Å²) >= 11 is 0. The van der Waals surface area contributed by atoms with E-state index in [4.69, 9.17) is 9.47 Å². The first kappa shape index (κ1) is 21.8. The summed E-state index contributed by atoms with van der Waals surface area (Å²) in [5, 5.41) is 38.9. The highest BCUT2D eigenvalue weighted by molar-refractivity contribution is 6.00. The molecule has 0 bridgehead atoms. The van der Waals surface area contributed by atoms with Crippen LogP contribution in [-0.2, 0) is 11.2 Å². The Morgan fingerprint density at radius 1 is 0.818 bits per heavy atom. The van der Waals surface area contributed by atoms with Crippen molar-refractivity contribution in [3.8, 4) is 28.0 Å². The molecular weight excluding hydrogens is 424 g/mol. The van der Waals surface area contributed by atoms with Gasteiger partial charge in [0, 0.05) is 17.4 Å². The Kier molecular flexibility index (Phi) is 5.52. The maximum Gasteiger partial charge on any atom is 0.315 e. The Hall–Kier alpha value is -3.07. The molecule has 1 aliphatic heterocycles. The van der Waals surface area contributed by atoms with E-state index < -0.39 is 18.2 Å². The van der Waals surface area contributed by atoms with Crippen LogP contribution in [0.5, 0.6) is 5.75 Å². The third-order valence-electron chi connectivity index (χ3n) is 6.48. The first-order chi connectivity index (χ1) is 15.9. The second-order valence-corrected chi connectivity index (χ2v) is 8.71. The van der Waals surface area contributed by atoms with Gasteiger partial charge in [-0.25, -0.2) is 0 Å². The Labute approximate surface area is 190 Å². The lowest BCUT2D eigenvalue weighted by Gasteiger charge is -2.34. The highest BCUT2D eigenvalue weighted by atomic mass is 16.8. The summed E-state index contributed by atoms with van der Waals surface area (Å²) in [5.41, 5.74) is 4.77. The van der Waals surface area contributed by atoms with Crippen LogP contribution in [0.3, 0.4) is 0 Å². The van der Waals surface area contributed by atoms with Gasteiger partial charge in [-0.15, -0.1) is 0 Å². The molecule has 2 unspecified atom stereocenters. The largest absolute Gasteiger partial charge is 0.441 e. The summed E-state index contributed by atoms with van der Waals surface area (Å²) < 4.78 is 10.1. The minimum atomic E-state index is -1.50. The van der Waals surface area contributed by atoms with Crippen LogP contribution in [0.25, 0.3) is 22.3 Å². The van der Waals surface area contributed by atoms with Gasteiger partial charge in [0.15, 0.2) is 12.1 Å². The second kappa shape index (κ2) is 8.37. The summed E-state index contributed by atoms with van der Waals surface area (Å²) in [7, 11) is 0. The quantitative estimate of drug-likeness (QED) is 0.485. The van der Waals surface area contributed by atoms with Crippen molar-refractivity contribution in [2.75, 3.05) is 13.2 Å². The molecule has 5 rings (SSSR count). The van der Waals surface area contributed by atoms with E-state index in [0.29, 0.717) is 23.3 Å². The van der Waals surface area contributed by atoms with Crippen molar-refractivity contribution in [2.45, 2.75) is 25.6 Å². The van der Waals surface area contributed by atoms with E-state index in [1.165, 1.54) is 0 Å². The molecule has 2 atom stereocenters. The molecule has 170 valence electrons. The van der Waals surface area contributed by atoms with Crippen molar-refractivity contribution >= 4 is 5.78 Å². The summed E-state index contributed by atoms with van der Waals surface area (Å²) in [6.45, 7) is -1.95. The third kappa shape index (κ3) is 3.94. The standard InChI is InChI=1S/C26H24O7/c27-13-26(14-28)11-19-6-5-17(9-20(19)22(29)12-26)15-1-3-16(4-2-15)18-7-8-23-21(10-18)24(30)33-25(31)32-23/h1-10,24-25,27-28,30-31H,11-14H2. The molecule has 0 saturated carbocycles. The number of hydrogen-bond donors (Lipinski definition) is 4. The fraction of sp³-hybridized carbons (Fsp3) is 0.269. The number of fused-ring (bicyclic) bond motifs is 2. The van der Waals surface area contributed by atoms with Gasteiger partial charge >= 0.3 is 6.48 Å². The monoisotopic (exact) mass is 448 g/mol. The lowest BCUT2D eigenvalue weighted by molar-refractivity contribution is -0.300. The molecule has 4 N–H and O–H groups in total. The molecule has 3 aromatic rings. The van der Waals surface area contributed by atoms with E-state index in [2.05, 4.69) is 0 Å². The highest BCUT2D eigenvalue weighted by Gasteiger charge is 2.37. The highest BCUT2D eigenvalue weighted by Crippen LogP contribution is 2.38. The van der Waals surface area contributed by atoms with Crippen molar-refractivity contribution in [1.29, 1.82) is 0 Å². The molecule has 7 nitrogen and oxygen atoms in total. The van der Waals surface area contributed by atoms with Crippen molar-refractivity contribution < 1.29 is 34.7 Å². The zero-order chi connectivity index (χ0) is 23.2. The molecule has 0 spiro atoms.